The summed E-state index contributed by atoms with van der Waals surface area (Å²) in [6, 6.07) is 6.88. The van der Waals surface area contributed by atoms with E-state index in [1.165, 1.54) is 0 Å². The highest BCUT2D eigenvalue weighted by atomic mass is 16.5. The van der Waals surface area contributed by atoms with Gasteiger partial charge in [-0.05, 0) is 18.6 Å². The standard InChI is InChI=1S/C13H16N2O4/c1-19-11-4-2-3-10(7-11)15-8-9(14-13(15)18)5-6-12(16)17/h2-4,7,9H,5-6,8H2,1H3,(H,14,18)(H,16,17). The smallest absolute Gasteiger partial charge is 0.322 e. The van der Waals surface area contributed by atoms with Crippen molar-refractivity contribution in [3.63, 3.8) is 0 Å². The Bertz CT molecular complexity index is 489. The second kappa shape index (κ2) is 5.60. The molecule has 0 bridgehead atoms. The van der Waals surface area contributed by atoms with Gasteiger partial charge in [0, 0.05) is 30.8 Å². The monoisotopic (exact) mass is 264 g/mol. The van der Waals surface area contributed by atoms with Crippen LogP contribution in [0.3, 0.4) is 0 Å². The molecule has 1 aromatic carbocycles. The summed E-state index contributed by atoms with van der Waals surface area (Å²) in [6.45, 7) is 0.472. The number of benzene rings is 1. The third-order valence-corrected chi connectivity index (χ3v) is 3.05. The highest BCUT2D eigenvalue weighted by molar-refractivity contribution is 5.94. The van der Waals surface area contributed by atoms with Gasteiger partial charge in [-0.15, -0.1) is 0 Å². The van der Waals surface area contributed by atoms with Crippen molar-refractivity contribution in [3.05, 3.63) is 24.3 Å². The van der Waals surface area contributed by atoms with E-state index >= 15 is 0 Å². The Morgan fingerprint density at radius 3 is 3.05 bits per heavy atom. The van der Waals surface area contributed by atoms with Crippen LogP contribution in [0.25, 0.3) is 0 Å². The van der Waals surface area contributed by atoms with Crippen LogP contribution in [-0.2, 0) is 4.79 Å². The maximum Gasteiger partial charge on any atom is 0.322 e. The molecule has 0 radical (unpaired) electrons. The van der Waals surface area contributed by atoms with Crippen molar-refractivity contribution < 1.29 is 19.4 Å². The first-order valence-corrected chi connectivity index (χ1v) is 6.04. The summed E-state index contributed by atoms with van der Waals surface area (Å²) in [4.78, 5) is 24.0. The Labute approximate surface area is 111 Å². The molecule has 102 valence electrons. The van der Waals surface area contributed by atoms with Crippen molar-refractivity contribution >= 4 is 17.7 Å². The second-order valence-electron chi connectivity index (χ2n) is 4.39. The van der Waals surface area contributed by atoms with Crippen LogP contribution < -0.4 is 15.0 Å². The number of ether oxygens (including phenoxy) is 1. The van der Waals surface area contributed by atoms with Gasteiger partial charge in [-0.1, -0.05) is 6.07 Å². The number of nitrogens with zero attached hydrogens (tertiary/aromatic N) is 1. The lowest BCUT2D eigenvalue weighted by molar-refractivity contribution is -0.137. The topological polar surface area (TPSA) is 78.9 Å². The van der Waals surface area contributed by atoms with Gasteiger partial charge in [0.05, 0.1) is 7.11 Å². The van der Waals surface area contributed by atoms with E-state index in [0.717, 1.165) is 5.69 Å². The summed E-state index contributed by atoms with van der Waals surface area (Å²) in [5.74, 6) is -0.173. The summed E-state index contributed by atoms with van der Waals surface area (Å²) in [5.41, 5.74) is 0.745. The van der Waals surface area contributed by atoms with Crippen LogP contribution in [0.5, 0.6) is 5.75 Å². The first-order chi connectivity index (χ1) is 9.10. The number of nitrogens with one attached hydrogen (secondary N) is 1. The molecule has 2 amide bonds. The molecule has 1 unspecified atom stereocenters. The molecule has 0 aliphatic carbocycles. The number of carbonyl (C=O) groups excluding carboxylic acids is 1. The summed E-state index contributed by atoms with van der Waals surface area (Å²) in [5, 5.41) is 11.4. The second-order valence-corrected chi connectivity index (χ2v) is 4.39. The summed E-state index contributed by atoms with van der Waals surface area (Å²) in [6.07, 6.45) is 0.485. The van der Waals surface area contributed by atoms with E-state index in [0.29, 0.717) is 18.7 Å². The van der Waals surface area contributed by atoms with Crippen molar-refractivity contribution in [3.8, 4) is 5.75 Å². The largest absolute Gasteiger partial charge is 0.497 e. The third-order valence-electron chi connectivity index (χ3n) is 3.05. The van der Waals surface area contributed by atoms with Gasteiger partial charge in [0.15, 0.2) is 0 Å². The van der Waals surface area contributed by atoms with Gasteiger partial charge in [0.25, 0.3) is 0 Å². The third kappa shape index (κ3) is 3.15. The molecule has 1 aromatic rings. The number of amides is 2. The molecular weight excluding hydrogens is 248 g/mol. The molecule has 2 N–H and O–H groups in total. The Kier molecular flexibility index (Phi) is 3.89. The summed E-state index contributed by atoms with van der Waals surface area (Å²) >= 11 is 0. The fourth-order valence-corrected chi connectivity index (χ4v) is 2.06. The van der Waals surface area contributed by atoms with Crippen LogP contribution in [0.1, 0.15) is 12.8 Å². The number of carboxylic acid groups (broad SMARTS) is 1. The number of methoxy groups -OCH3 is 1. The average molecular weight is 264 g/mol. The fraction of sp³-hybridized carbons (Fsp3) is 0.385. The molecule has 0 aromatic heterocycles. The first kappa shape index (κ1) is 13.2. The zero-order chi connectivity index (χ0) is 13.8. The van der Waals surface area contributed by atoms with E-state index in [1.807, 2.05) is 12.1 Å². The van der Waals surface area contributed by atoms with Crippen LogP contribution in [0.4, 0.5) is 10.5 Å². The number of aliphatic carboxylic acids is 1. The predicted molar refractivity (Wildman–Crippen MR) is 69.5 cm³/mol. The van der Waals surface area contributed by atoms with Crippen molar-refractivity contribution in [2.24, 2.45) is 0 Å². The molecule has 1 aliphatic rings. The molecule has 6 heteroatoms. The number of carboxylic acids is 1. The van der Waals surface area contributed by atoms with Crippen molar-refractivity contribution in [1.29, 1.82) is 0 Å². The zero-order valence-corrected chi connectivity index (χ0v) is 10.6. The maximum absolute atomic E-state index is 11.9. The van der Waals surface area contributed by atoms with E-state index in [-0.39, 0.29) is 18.5 Å². The summed E-state index contributed by atoms with van der Waals surface area (Å²) < 4.78 is 5.12. The normalized spacial score (nSPS) is 18.3. The van der Waals surface area contributed by atoms with E-state index < -0.39 is 5.97 Å². The summed E-state index contributed by atoms with van der Waals surface area (Å²) in [7, 11) is 1.57. The fourth-order valence-electron chi connectivity index (χ4n) is 2.06. The molecule has 6 nitrogen and oxygen atoms in total. The Balaban J connectivity index is 2.04. The first-order valence-electron chi connectivity index (χ1n) is 6.04. The number of urea groups is 1. The average Bonchev–Trinajstić information content (AvgIpc) is 2.78. The Morgan fingerprint density at radius 2 is 2.37 bits per heavy atom. The molecule has 1 fully saturated rings. The minimum absolute atomic E-state index is 0.0525. The van der Waals surface area contributed by atoms with Crippen molar-refractivity contribution in [2.45, 2.75) is 18.9 Å². The van der Waals surface area contributed by atoms with Gasteiger partial charge in [0.2, 0.25) is 0 Å². The highest BCUT2D eigenvalue weighted by Gasteiger charge is 2.29. The van der Waals surface area contributed by atoms with Crippen LogP contribution >= 0.6 is 0 Å². The quantitative estimate of drug-likeness (QED) is 0.843. The van der Waals surface area contributed by atoms with Crippen molar-refractivity contribution in [2.75, 3.05) is 18.6 Å². The van der Waals surface area contributed by atoms with Gasteiger partial charge >= 0.3 is 12.0 Å². The van der Waals surface area contributed by atoms with Gasteiger partial charge in [-0.25, -0.2) is 4.79 Å². The number of carbonyl (C=O) groups is 2. The molecule has 0 spiro atoms. The molecule has 1 saturated heterocycles. The van der Waals surface area contributed by atoms with E-state index in [4.69, 9.17) is 9.84 Å². The Hall–Kier alpha value is -2.24. The number of hydrogen-bond donors (Lipinski definition) is 2. The molecule has 2 rings (SSSR count). The lowest BCUT2D eigenvalue weighted by Crippen LogP contribution is -2.28. The van der Waals surface area contributed by atoms with Crippen LogP contribution in [0, 0.1) is 0 Å². The van der Waals surface area contributed by atoms with Crippen LogP contribution in [0.15, 0.2) is 24.3 Å². The molecule has 1 heterocycles. The zero-order valence-electron chi connectivity index (χ0n) is 10.6. The molecule has 19 heavy (non-hydrogen) atoms. The molecule has 0 saturated carbocycles. The molecular formula is C13H16N2O4. The van der Waals surface area contributed by atoms with E-state index in [1.54, 1.807) is 24.1 Å². The highest BCUT2D eigenvalue weighted by Crippen LogP contribution is 2.24. The molecule has 1 aliphatic heterocycles. The van der Waals surface area contributed by atoms with Crippen molar-refractivity contribution in [1.82, 2.24) is 5.32 Å². The van der Waals surface area contributed by atoms with Gasteiger partial charge in [0.1, 0.15) is 5.75 Å². The van der Waals surface area contributed by atoms with E-state index in [9.17, 15) is 9.59 Å². The van der Waals surface area contributed by atoms with Crippen LogP contribution in [-0.4, -0.2) is 36.8 Å². The molecule has 1 atom stereocenters. The van der Waals surface area contributed by atoms with Gasteiger partial charge in [-0.3, -0.25) is 9.69 Å². The number of rotatable bonds is 5. The predicted octanol–water partition coefficient (Wildman–Crippen LogP) is 1.46. The number of anilines is 1. The maximum atomic E-state index is 11.9. The van der Waals surface area contributed by atoms with Gasteiger partial charge in [-0.2, -0.15) is 0 Å². The van der Waals surface area contributed by atoms with Crippen LogP contribution in [0.2, 0.25) is 0 Å². The minimum Gasteiger partial charge on any atom is -0.497 e. The lowest BCUT2D eigenvalue weighted by Gasteiger charge is -2.15. The number of hydrogen-bond acceptors (Lipinski definition) is 3. The Morgan fingerprint density at radius 1 is 1.58 bits per heavy atom. The minimum atomic E-state index is -0.853. The van der Waals surface area contributed by atoms with Gasteiger partial charge < -0.3 is 15.2 Å². The van der Waals surface area contributed by atoms with E-state index in [2.05, 4.69) is 5.32 Å². The SMILES string of the molecule is COc1cccc(N2CC(CCC(=O)O)NC2=O)c1. The lowest BCUT2D eigenvalue weighted by atomic mass is 10.1.